The normalized spacial score (nSPS) is 20.3. The molecule has 1 atom stereocenters. The number of benzene rings is 3. The van der Waals surface area contributed by atoms with Crippen molar-refractivity contribution >= 4 is 34.7 Å². The van der Waals surface area contributed by atoms with Crippen LogP contribution in [0.1, 0.15) is 11.1 Å². The summed E-state index contributed by atoms with van der Waals surface area (Å²) in [6.07, 6.45) is -4.83. The first-order valence-corrected chi connectivity index (χ1v) is 9.85. The molecule has 0 aromatic heterocycles. The van der Waals surface area contributed by atoms with Crippen molar-refractivity contribution in [3.05, 3.63) is 96.1 Å². The number of thiocarbonyl (C=S) groups is 1. The average molecular weight is 441 g/mol. The van der Waals surface area contributed by atoms with Gasteiger partial charge in [-0.2, -0.15) is 18.2 Å². The highest BCUT2D eigenvalue weighted by atomic mass is 32.1. The maximum Gasteiger partial charge on any atom is 0.453 e. The van der Waals surface area contributed by atoms with Gasteiger partial charge in [-0.15, -0.1) is 0 Å². The van der Waals surface area contributed by atoms with Crippen LogP contribution < -0.4 is 10.2 Å². The van der Waals surface area contributed by atoms with Crippen molar-refractivity contribution in [2.75, 3.05) is 4.90 Å². The standard InChI is InChI=1S/C23H18F3N3OS/c1-16-12-14-17(15-13-16)22(23(24,25)26)28-21(31)29(19-10-6-3-7-11-19)20(30-22)27-18-8-4-2-5-9-18/h2-15H,1H3,(H,28,31). The van der Waals surface area contributed by atoms with E-state index in [0.717, 1.165) is 5.56 Å². The van der Waals surface area contributed by atoms with E-state index < -0.39 is 11.9 Å². The molecule has 0 spiro atoms. The molecule has 4 nitrogen and oxygen atoms in total. The van der Waals surface area contributed by atoms with Gasteiger partial charge in [-0.05, 0) is 43.4 Å². The van der Waals surface area contributed by atoms with E-state index in [1.807, 2.05) is 0 Å². The molecule has 0 aliphatic carbocycles. The van der Waals surface area contributed by atoms with Gasteiger partial charge in [0, 0.05) is 5.56 Å². The zero-order valence-corrected chi connectivity index (χ0v) is 17.2. The van der Waals surface area contributed by atoms with Gasteiger partial charge in [0.25, 0.3) is 0 Å². The molecule has 1 saturated heterocycles. The SMILES string of the molecule is Cc1ccc(C2(C(F)(F)F)NC(=S)N(c3ccccc3)C(=Nc3ccccc3)O2)cc1. The van der Waals surface area contributed by atoms with Gasteiger partial charge in [0.15, 0.2) is 5.11 Å². The van der Waals surface area contributed by atoms with E-state index in [-0.39, 0.29) is 16.7 Å². The van der Waals surface area contributed by atoms with Crippen LogP contribution in [-0.2, 0) is 10.5 Å². The van der Waals surface area contributed by atoms with Gasteiger partial charge in [0.1, 0.15) is 0 Å². The molecule has 31 heavy (non-hydrogen) atoms. The topological polar surface area (TPSA) is 36.9 Å². The Balaban J connectivity index is 1.89. The van der Waals surface area contributed by atoms with Crippen molar-refractivity contribution in [2.24, 2.45) is 4.99 Å². The molecule has 1 fully saturated rings. The van der Waals surface area contributed by atoms with Gasteiger partial charge in [0.05, 0.1) is 11.4 Å². The van der Waals surface area contributed by atoms with Crippen LogP contribution in [0.15, 0.2) is 89.9 Å². The molecule has 0 saturated carbocycles. The summed E-state index contributed by atoms with van der Waals surface area (Å²) in [6, 6.07) is 23.0. The summed E-state index contributed by atoms with van der Waals surface area (Å²) in [4.78, 5) is 5.72. The number of nitrogens with zero attached hydrogens (tertiary/aromatic N) is 2. The fourth-order valence-corrected chi connectivity index (χ4v) is 3.53. The Morgan fingerprint density at radius 3 is 2.06 bits per heavy atom. The van der Waals surface area contributed by atoms with Crippen molar-refractivity contribution in [3.63, 3.8) is 0 Å². The molecular formula is C23H18F3N3OS. The van der Waals surface area contributed by atoms with Crippen molar-refractivity contribution < 1.29 is 17.9 Å². The number of amidine groups is 1. The Kier molecular flexibility index (Phi) is 5.41. The number of rotatable bonds is 3. The molecule has 3 aromatic carbocycles. The Labute approximate surface area is 183 Å². The number of aryl methyl sites for hydroxylation is 1. The number of halogens is 3. The lowest BCUT2D eigenvalue weighted by Gasteiger charge is -2.45. The lowest BCUT2D eigenvalue weighted by Crippen LogP contribution is -2.67. The largest absolute Gasteiger partial charge is 0.453 e. The first-order valence-electron chi connectivity index (χ1n) is 9.44. The van der Waals surface area contributed by atoms with Crippen LogP contribution in [0.4, 0.5) is 24.5 Å². The second kappa shape index (κ2) is 8.03. The number of aliphatic imine (C=N–C) groups is 1. The molecule has 1 aliphatic heterocycles. The quantitative estimate of drug-likeness (QED) is 0.521. The molecule has 8 heteroatoms. The number of anilines is 1. The third-order valence-electron chi connectivity index (χ3n) is 4.77. The molecule has 0 radical (unpaired) electrons. The Morgan fingerprint density at radius 2 is 1.48 bits per heavy atom. The molecule has 1 aliphatic rings. The summed E-state index contributed by atoms with van der Waals surface area (Å²) in [7, 11) is 0. The Hall–Kier alpha value is -3.39. The Morgan fingerprint density at radius 1 is 0.903 bits per heavy atom. The Bertz CT molecular complexity index is 1100. The summed E-state index contributed by atoms with van der Waals surface area (Å²) in [5.74, 6) is 0. The van der Waals surface area contributed by atoms with Crippen molar-refractivity contribution in [2.45, 2.75) is 18.8 Å². The lowest BCUT2D eigenvalue weighted by molar-refractivity contribution is -0.268. The van der Waals surface area contributed by atoms with Gasteiger partial charge >= 0.3 is 17.9 Å². The number of nitrogens with one attached hydrogen (secondary N) is 1. The molecule has 1 N–H and O–H groups in total. The summed E-state index contributed by atoms with van der Waals surface area (Å²) in [6.45, 7) is 1.79. The predicted molar refractivity (Wildman–Crippen MR) is 118 cm³/mol. The van der Waals surface area contributed by atoms with E-state index >= 15 is 0 Å². The highest BCUT2D eigenvalue weighted by Gasteiger charge is 2.63. The van der Waals surface area contributed by atoms with Gasteiger partial charge < -0.3 is 10.1 Å². The zero-order valence-electron chi connectivity index (χ0n) is 16.4. The van der Waals surface area contributed by atoms with Gasteiger partial charge in [-0.1, -0.05) is 66.2 Å². The lowest BCUT2D eigenvalue weighted by atomic mass is 10.00. The van der Waals surface area contributed by atoms with Gasteiger partial charge in [0.2, 0.25) is 0 Å². The molecule has 1 heterocycles. The third kappa shape index (κ3) is 3.98. The van der Waals surface area contributed by atoms with E-state index in [2.05, 4.69) is 10.3 Å². The maximum absolute atomic E-state index is 14.5. The van der Waals surface area contributed by atoms with E-state index in [4.69, 9.17) is 17.0 Å². The van der Waals surface area contributed by atoms with E-state index in [9.17, 15) is 13.2 Å². The fraction of sp³-hybridized carbons (Fsp3) is 0.130. The van der Waals surface area contributed by atoms with Crippen LogP contribution in [0, 0.1) is 6.92 Å². The minimum Gasteiger partial charge on any atom is -0.423 e. The minimum atomic E-state index is -4.83. The number of hydrogen-bond donors (Lipinski definition) is 1. The zero-order chi connectivity index (χ0) is 22.1. The maximum atomic E-state index is 14.5. The molecule has 4 rings (SSSR count). The minimum absolute atomic E-state index is 0.124. The van der Waals surface area contributed by atoms with E-state index in [0.29, 0.717) is 11.4 Å². The van der Waals surface area contributed by atoms with Crippen LogP contribution in [0.5, 0.6) is 0 Å². The summed E-state index contributed by atoms with van der Waals surface area (Å²) >= 11 is 5.40. The smallest absolute Gasteiger partial charge is 0.423 e. The monoisotopic (exact) mass is 441 g/mol. The average Bonchev–Trinajstić information content (AvgIpc) is 2.74. The van der Waals surface area contributed by atoms with Gasteiger partial charge in [-0.25, -0.2) is 4.90 Å². The predicted octanol–water partition coefficient (Wildman–Crippen LogP) is 5.81. The van der Waals surface area contributed by atoms with Gasteiger partial charge in [-0.3, -0.25) is 0 Å². The summed E-state index contributed by atoms with van der Waals surface area (Å²) < 4.78 is 49.1. The number of hydrogen-bond acceptors (Lipinski definition) is 3. The molecule has 0 bridgehead atoms. The molecule has 1 unspecified atom stereocenters. The molecule has 0 amide bonds. The highest BCUT2D eigenvalue weighted by molar-refractivity contribution is 7.80. The van der Waals surface area contributed by atoms with Crippen LogP contribution >= 0.6 is 12.2 Å². The molecule has 3 aromatic rings. The first-order chi connectivity index (χ1) is 14.8. The highest BCUT2D eigenvalue weighted by Crippen LogP contribution is 2.43. The molecule has 158 valence electrons. The second-order valence-electron chi connectivity index (χ2n) is 6.98. The van der Waals surface area contributed by atoms with E-state index in [1.54, 1.807) is 79.7 Å². The number of alkyl halides is 3. The van der Waals surface area contributed by atoms with Crippen LogP contribution in [0.3, 0.4) is 0 Å². The van der Waals surface area contributed by atoms with Crippen LogP contribution in [-0.4, -0.2) is 17.3 Å². The van der Waals surface area contributed by atoms with Crippen LogP contribution in [0.2, 0.25) is 0 Å². The molecular weight excluding hydrogens is 423 g/mol. The van der Waals surface area contributed by atoms with Crippen molar-refractivity contribution in [1.29, 1.82) is 0 Å². The number of ether oxygens (including phenoxy) is 1. The van der Waals surface area contributed by atoms with E-state index in [1.165, 1.54) is 17.0 Å². The number of para-hydroxylation sites is 2. The first kappa shape index (κ1) is 20.9. The summed E-state index contributed by atoms with van der Waals surface area (Å²) in [5, 5.41) is 2.22. The summed E-state index contributed by atoms with van der Waals surface area (Å²) in [5.41, 5.74) is -1.22. The van der Waals surface area contributed by atoms with Crippen LogP contribution in [0.25, 0.3) is 0 Å². The fourth-order valence-electron chi connectivity index (χ4n) is 3.20. The van der Waals surface area contributed by atoms with Crippen molar-refractivity contribution in [1.82, 2.24) is 5.32 Å². The third-order valence-corrected chi connectivity index (χ3v) is 5.06. The second-order valence-corrected chi connectivity index (χ2v) is 7.36. The van der Waals surface area contributed by atoms with Crippen molar-refractivity contribution in [3.8, 4) is 0 Å².